The molecular formula is C13H17FN2O3S. The van der Waals surface area contributed by atoms with Crippen LogP contribution in [0.3, 0.4) is 0 Å². The van der Waals surface area contributed by atoms with E-state index in [9.17, 15) is 17.6 Å². The molecule has 0 spiro atoms. The highest BCUT2D eigenvalue weighted by Crippen LogP contribution is 2.27. The lowest BCUT2D eigenvalue weighted by atomic mass is 10.3. The fourth-order valence-corrected chi connectivity index (χ4v) is 3.39. The first-order valence-electron chi connectivity index (χ1n) is 6.42. The number of anilines is 1. The SMILES string of the molecule is CCN(C(=O)CS(=O)(=O)c1ccc(N)cc1F)C1CC1. The van der Waals surface area contributed by atoms with Gasteiger partial charge in [0, 0.05) is 18.3 Å². The first kappa shape index (κ1) is 14.8. The van der Waals surface area contributed by atoms with Gasteiger partial charge < -0.3 is 10.6 Å². The van der Waals surface area contributed by atoms with E-state index >= 15 is 0 Å². The van der Waals surface area contributed by atoms with Crippen molar-refractivity contribution in [2.24, 2.45) is 0 Å². The molecule has 1 aromatic rings. The maximum Gasteiger partial charge on any atom is 0.238 e. The quantitative estimate of drug-likeness (QED) is 0.828. The highest BCUT2D eigenvalue weighted by atomic mass is 32.2. The Morgan fingerprint density at radius 3 is 2.60 bits per heavy atom. The van der Waals surface area contributed by atoms with Crippen LogP contribution in [0.25, 0.3) is 0 Å². The van der Waals surface area contributed by atoms with Crippen molar-refractivity contribution in [3.8, 4) is 0 Å². The monoisotopic (exact) mass is 300 g/mol. The molecule has 0 bridgehead atoms. The molecule has 0 saturated heterocycles. The second-order valence-corrected chi connectivity index (χ2v) is 6.82. The predicted molar refractivity (Wildman–Crippen MR) is 73.3 cm³/mol. The van der Waals surface area contributed by atoms with Crippen molar-refractivity contribution >= 4 is 21.4 Å². The molecule has 1 aromatic carbocycles. The van der Waals surface area contributed by atoms with E-state index in [0.717, 1.165) is 25.0 Å². The minimum atomic E-state index is -3.99. The number of benzene rings is 1. The molecular weight excluding hydrogens is 283 g/mol. The van der Waals surface area contributed by atoms with Crippen LogP contribution >= 0.6 is 0 Å². The van der Waals surface area contributed by atoms with Gasteiger partial charge in [-0.25, -0.2) is 12.8 Å². The first-order valence-corrected chi connectivity index (χ1v) is 8.07. The van der Waals surface area contributed by atoms with Crippen molar-refractivity contribution in [2.45, 2.75) is 30.7 Å². The van der Waals surface area contributed by atoms with Crippen molar-refractivity contribution in [1.29, 1.82) is 0 Å². The Bertz CT molecular complexity index is 627. The third-order valence-electron chi connectivity index (χ3n) is 3.25. The molecule has 0 radical (unpaired) electrons. The van der Waals surface area contributed by atoms with E-state index in [-0.39, 0.29) is 11.7 Å². The summed E-state index contributed by atoms with van der Waals surface area (Å²) in [5.74, 6) is -2.11. The number of nitrogens with zero attached hydrogens (tertiary/aromatic N) is 1. The summed E-state index contributed by atoms with van der Waals surface area (Å²) in [6, 6.07) is 3.48. The molecule has 1 fully saturated rings. The number of hydrogen-bond donors (Lipinski definition) is 1. The van der Waals surface area contributed by atoms with Gasteiger partial charge in [-0.15, -0.1) is 0 Å². The summed E-state index contributed by atoms with van der Waals surface area (Å²) in [7, 11) is -3.99. The van der Waals surface area contributed by atoms with E-state index in [4.69, 9.17) is 5.73 Å². The smallest absolute Gasteiger partial charge is 0.238 e. The zero-order valence-corrected chi connectivity index (χ0v) is 12.0. The van der Waals surface area contributed by atoms with Crippen LogP contribution in [-0.4, -0.2) is 37.6 Å². The van der Waals surface area contributed by atoms with Crippen LogP contribution in [0, 0.1) is 5.82 Å². The Hall–Kier alpha value is -1.63. The highest BCUT2D eigenvalue weighted by Gasteiger charge is 2.34. The Morgan fingerprint density at radius 1 is 1.45 bits per heavy atom. The molecule has 0 unspecified atom stereocenters. The molecule has 0 atom stereocenters. The van der Waals surface area contributed by atoms with Crippen molar-refractivity contribution in [2.75, 3.05) is 18.0 Å². The molecule has 5 nitrogen and oxygen atoms in total. The summed E-state index contributed by atoms with van der Waals surface area (Å²) < 4.78 is 37.9. The number of nitrogens with two attached hydrogens (primary N) is 1. The zero-order chi connectivity index (χ0) is 14.9. The van der Waals surface area contributed by atoms with Crippen LogP contribution in [0.15, 0.2) is 23.1 Å². The Morgan fingerprint density at radius 2 is 2.10 bits per heavy atom. The van der Waals surface area contributed by atoms with E-state index < -0.39 is 32.2 Å². The third kappa shape index (κ3) is 3.09. The van der Waals surface area contributed by atoms with Gasteiger partial charge in [0.25, 0.3) is 0 Å². The molecule has 0 heterocycles. The molecule has 1 amide bonds. The molecule has 20 heavy (non-hydrogen) atoms. The second-order valence-electron chi connectivity index (χ2n) is 4.86. The van der Waals surface area contributed by atoms with Gasteiger partial charge in [-0.3, -0.25) is 4.79 Å². The number of carbonyl (C=O) groups is 1. The largest absolute Gasteiger partial charge is 0.399 e. The van der Waals surface area contributed by atoms with Crippen LogP contribution < -0.4 is 5.73 Å². The summed E-state index contributed by atoms with van der Waals surface area (Å²) in [6.45, 7) is 2.26. The molecule has 2 N–H and O–H groups in total. The lowest BCUT2D eigenvalue weighted by molar-refractivity contribution is -0.128. The van der Waals surface area contributed by atoms with E-state index in [1.165, 1.54) is 11.0 Å². The standard InChI is InChI=1S/C13H17FN2O3S/c1-2-16(10-4-5-10)13(17)8-20(18,19)12-6-3-9(15)7-11(12)14/h3,6-7,10H,2,4-5,8,15H2,1H3. The summed E-state index contributed by atoms with van der Waals surface area (Å²) in [5.41, 5.74) is 5.52. The highest BCUT2D eigenvalue weighted by molar-refractivity contribution is 7.92. The van der Waals surface area contributed by atoms with Crippen molar-refractivity contribution in [3.63, 3.8) is 0 Å². The normalized spacial score (nSPS) is 15.1. The number of hydrogen-bond acceptors (Lipinski definition) is 4. The summed E-state index contributed by atoms with van der Waals surface area (Å²) in [6.07, 6.45) is 1.80. The van der Waals surface area contributed by atoms with Crippen LogP contribution in [0.2, 0.25) is 0 Å². The van der Waals surface area contributed by atoms with Crippen LogP contribution in [0.1, 0.15) is 19.8 Å². The molecule has 0 aliphatic heterocycles. The van der Waals surface area contributed by atoms with Gasteiger partial charge in [-0.05, 0) is 38.0 Å². The lowest BCUT2D eigenvalue weighted by Crippen LogP contribution is -2.37. The van der Waals surface area contributed by atoms with Gasteiger partial charge in [0.2, 0.25) is 5.91 Å². The average Bonchev–Trinajstić information content (AvgIpc) is 3.12. The fraction of sp³-hybridized carbons (Fsp3) is 0.462. The van der Waals surface area contributed by atoms with E-state index in [1.54, 1.807) is 6.92 Å². The van der Waals surface area contributed by atoms with E-state index in [2.05, 4.69) is 0 Å². The molecule has 110 valence electrons. The van der Waals surface area contributed by atoms with Crippen LogP contribution in [-0.2, 0) is 14.6 Å². The second kappa shape index (κ2) is 5.40. The summed E-state index contributed by atoms with van der Waals surface area (Å²) in [4.78, 5) is 13.1. The molecule has 7 heteroatoms. The number of nitrogen functional groups attached to an aromatic ring is 1. The van der Waals surface area contributed by atoms with Crippen LogP contribution in [0.4, 0.5) is 10.1 Å². The number of carbonyl (C=O) groups excluding carboxylic acids is 1. The maximum atomic E-state index is 13.7. The Kier molecular flexibility index (Phi) is 3.99. The molecule has 1 aliphatic rings. The molecule has 1 aliphatic carbocycles. The van der Waals surface area contributed by atoms with E-state index in [1.807, 2.05) is 0 Å². The van der Waals surface area contributed by atoms with Crippen molar-refractivity contribution in [1.82, 2.24) is 4.90 Å². The van der Waals surface area contributed by atoms with Gasteiger partial charge in [-0.2, -0.15) is 0 Å². The fourth-order valence-electron chi connectivity index (χ4n) is 2.12. The zero-order valence-electron chi connectivity index (χ0n) is 11.2. The molecule has 0 aromatic heterocycles. The van der Waals surface area contributed by atoms with Crippen molar-refractivity contribution in [3.05, 3.63) is 24.0 Å². The van der Waals surface area contributed by atoms with Crippen molar-refractivity contribution < 1.29 is 17.6 Å². The third-order valence-corrected chi connectivity index (χ3v) is 4.88. The van der Waals surface area contributed by atoms with Gasteiger partial charge in [-0.1, -0.05) is 0 Å². The van der Waals surface area contributed by atoms with Gasteiger partial charge in [0.05, 0.1) is 0 Å². The number of rotatable bonds is 5. The van der Waals surface area contributed by atoms with Crippen LogP contribution in [0.5, 0.6) is 0 Å². The van der Waals surface area contributed by atoms with Gasteiger partial charge in [0.15, 0.2) is 9.84 Å². The number of halogens is 1. The Labute approximate surface area is 117 Å². The Balaban J connectivity index is 2.20. The number of amides is 1. The summed E-state index contributed by atoms with van der Waals surface area (Å²) in [5, 5.41) is 0. The summed E-state index contributed by atoms with van der Waals surface area (Å²) >= 11 is 0. The minimum absolute atomic E-state index is 0.138. The maximum absolute atomic E-state index is 13.7. The number of sulfone groups is 1. The first-order chi connectivity index (χ1) is 9.35. The topological polar surface area (TPSA) is 80.5 Å². The molecule has 1 saturated carbocycles. The lowest BCUT2D eigenvalue weighted by Gasteiger charge is -2.20. The van der Waals surface area contributed by atoms with Gasteiger partial charge in [0.1, 0.15) is 16.5 Å². The van der Waals surface area contributed by atoms with E-state index in [0.29, 0.717) is 6.54 Å². The molecule has 2 rings (SSSR count). The predicted octanol–water partition coefficient (Wildman–Crippen LogP) is 1.19. The minimum Gasteiger partial charge on any atom is -0.399 e. The average molecular weight is 300 g/mol. The van der Waals surface area contributed by atoms with Gasteiger partial charge >= 0.3 is 0 Å².